The predicted octanol–water partition coefficient (Wildman–Crippen LogP) is 2.55. The van der Waals surface area contributed by atoms with Crippen molar-refractivity contribution < 1.29 is 14.6 Å². The van der Waals surface area contributed by atoms with Crippen molar-refractivity contribution in [2.24, 2.45) is 0 Å². The fourth-order valence-electron chi connectivity index (χ4n) is 3.03. The molecule has 1 amide bonds. The molecule has 1 aliphatic heterocycles. The van der Waals surface area contributed by atoms with Crippen LogP contribution in [0.5, 0.6) is 0 Å². The Morgan fingerprint density at radius 1 is 1.38 bits per heavy atom. The lowest BCUT2D eigenvalue weighted by Gasteiger charge is -2.48. The molecule has 1 aromatic rings. The Morgan fingerprint density at radius 3 is 2.71 bits per heavy atom. The Morgan fingerprint density at radius 2 is 2.10 bits per heavy atom. The molecule has 1 spiro atoms. The molecule has 1 atom stereocenters. The second-order valence-electron chi connectivity index (χ2n) is 5.97. The molecule has 1 unspecified atom stereocenters. The highest BCUT2D eigenvalue weighted by molar-refractivity contribution is 6.30. The van der Waals surface area contributed by atoms with Crippen LogP contribution in [0.3, 0.4) is 0 Å². The Bertz CT molecular complexity index is 513. The Labute approximate surface area is 129 Å². The van der Waals surface area contributed by atoms with E-state index < -0.39 is 6.10 Å². The molecule has 2 aliphatic rings. The van der Waals surface area contributed by atoms with Crippen molar-refractivity contribution in [3.63, 3.8) is 0 Å². The van der Waals surface area contributed by atoms with E-state index in [2.05, 4.69) is 0 Å². The molecule has 1 saturated heterocycles. The summed E-state index contributed by atoms with van der Waals surface area (Å²) in [5.41, 5.74) is 0.624. The third-order valence-electron chi connectivity index (χ3n) is 4.49. The summed E-state index contributed by atoms with van der Waals surface area (Å²) in [6, 6.07) is 6.96. The van der Waals surface area contributed by atoms with Gasteiger partial charge in [-0.05, 0) is 37.0 Å². The summed E-state index contributed by atoms with van der Waals surface area (Å²) in [7, 11) is 0. The molecule has 0 bridgehead atoms. The largest absolute Gasteiger partial charge is 0.388 e. The van der Waals surface area contributed by atoms with Crippen molar-refractivity contribution in [1.29, 1.82) is 0 Å². The van der Waals surface area contributed by atoms with Crippen LogP contribution in [-0.4, -0.2) is 41.2 Å². The lowest BCUT2D eigenvalue weighted by molar-refractivity contribution is -0.168. The molecule has 1 heterocycles. The van der Waals surface area contributed by atoms with Crippen LogP contribution < -0.4 is 0 Å². The van der Waals surface area contributed by atoms with Gasteiger partial charge in [0.05, 0.1) is 24.7 Å². The Hall–Kier alpha value is -1.10. The molecule has 1 aliphatic carbocycles. The summed E-state index contributed by atoms with van der Waals surface area (Å²) in [6.07, 6.45) is 2.58. The summed E-state index contributed by atoms with van der Waals surface area (Å²) in [4.78, 5) is 14.2. The smallest absolute Gasteiger partial charge is 0.225 e. The maximum Gasteiger partial charge on any atom is 0.225 e. The van der Waals surface area contributed by atoms with Gasteiger partial charge in [0.15, 0.2) is 0 Å². The molecule has 0 radical (unpaired) electrons. The van der Waals surface area contributed by atoms with Gasteiger partial charge in [0, 0.05) is 18.1 Å². The molecule has 1 saturated carbocycles. The van der Waals surface area contributed by atoms with Crippen LogP contribution >= 0.6 is 11.6 Å². The highest BCUT2D eigenvalue weighted by atomic mass is 35.5. The Balaban J connectivity index is 1.59. The summed E-state index contributed by atoms with van der Waals surface area (Å²) in [5.74, 6) is -0.00738. The minimum atomic E-state index is -0.782. The normalized spacial score (nSPS) is 21.9. The molecule has 1 aromatic carbocycles. The van der Waals surface area contributed by atoms with Gasteiger partial charge in [0.1, 0.15) is 0 Å². The van der Waals surface area contributed by atoms with Gasteiger partial charge in [-0.15, -0.1) is 0 Å². The molecule has 21 heavy (non-hydrogen) atoms. The number of halogens is 1. The number of benzene rings is 1. The minimum Gasteiger partial charge on any atom is -0.388 e. The molecule has 114 valence electrons. The SMILES string of the molecule is O=C(CC(O)c1ccc(Cl)cc1)N1CCOC2(CCC2)C1. The van der Waals surface area contributed by atoms with Crippen molar-refractivity contribution in [2.75, 3.05) is 19.7 Å². The third kappa shape index (κ3) is 3.23. The van der Waals surface area contributed by atoms with E-state index in [1.165, 1.54) is 6.42 Å². The van der Waals surface area contributed by atoms with Crippen molar-refractivity contribution in [3.8, 4) is 0 Å². The molecular weight excluding hydrogens is 290 g/mol. The molecule has 3 rings (SSSR count). The quantitative estimate of drug-likeness (QED) is 0.933. The molecule has 1 N–H and O–H groups in total. The predicted molar refractivity (Wildman–Crippen MR) is 80.1 cm³/mol. The molecular formula is C16H20ClNO3. The van der Waals surface area contributed by atoms with Crippen molar-refractivity contribution in [1.82, 2.24) is 4.90 Å². The Kier molecular flexibility index (Phi) is 4.20. The second kappa shape index (κ2) is 5.95. The number of hydrogen-bond acceptors (Lipinski definition) is 3. The van der Waals surface area contributed by atoms with E-state index in [-0.39, 0.29) is 17.9 Å². The lowest BCUT2D eigenvalue weighted by Crippen LogP contribution is -2.57. The van der Waals surface area contributed by atoms with E-state index in [4.69, 9.17) is 16.3 Å². The van der Waals surface area contributed by atoms with Crippen LogP contribution in [0.25, 0.3) is 0 Å². The topological polar surface area (TPSA) is 49.8 Å². The molecule has 5 heteroatoms. The van der Waals surface area contributed by atoms with E-state index in [1.54, 1.807) is 24.3 Å². The number of ether oxygens (including phenoxy) is 1. The maximum atomic E-state index is 12.4. The first-order valence-electron chi connectivity index (χ1n) is 7.43. The first-order valence-corrected chi connectivity index (χ1v) is 7.81. The van der Waals surface area contributed by atoms with Gasteiger partial charge >= 0.3 is 0 Å². The number of nitrogens with zero attached hydrogens (tertiary/aromatic N) is 1. The van der Waals surface area contributed by atoms with Crippen molar-refractivity contribution >= 4 is 17.5 Å². The number of aliphatic hydroxyl groups is 1. The monoisotopic (exact) mass is 309 g/mol. The number of amides is 1. The lowest BCUT2D eigenvalue weighted by atomic mass is 9.79. The van der Waals surface area contributed by atoms with Gasteiger partial charge < -0.3 is 14.7 Å². The van der Waals surface area contributed by atoms with Crippen LogP contribution in [0.1, 0.15) is 37.4 Å². The van der Waals surface area contributed by atoms with Gasteiger partial charge in [-0.1, -0.05) is 23.7 Å². The van der Waals surface area contributed by atoms with Gasteiger partial charge in [-0.3, -0.25) is 4.79 Å². The number of aliphatic hydroxyl groups excluding tert-OH is 1. The summed E-state index contributed by atoms with van der Waals surface area (Å²) < 4.78 is 5.81. The van der Waals surface area contributed by atoms with E-state index in [0.29, 0.717) is 24.7 Å². The van der Waals surface area contributed by atoms with Crippen LogP contribution in [0.4, 0.5) is 0 Å². The zero-order valence-electron chi connectivity index (χ0n) is 11.9. The average molecular weight is 310 g/mol. The maximum absolute atomic E-state index is 12.4. The van der Waals surface area contributed by atoms with Crippen LogP contribution in [-0.2, 0) is 9.53 Å². The van der Waals surface area contributed by atoms with Gasteiger partial charge in [0.25, 0.3) is 0 Å². The van der Waals surface area contributed by atoms with Crippen molar-refractivity contribution in [3.05, 3.63) is 34.9 Å². The van der Waals surface area contributed by atoms with Crippen LogP contribution in [0, 0.1) is 0 Å². The second-order valence-corrected chi connectivity index (χ2v) is 6.41. The van der Waals surface area contributed by atoms with Gasteiger partial charge in [0.2, 0.25) is 5.91 Å². The summed E-state index contributed by atoms with van der Waals surface area (Å²) in [5, 5.41) is 10.8. The summed E-state index contributed by atoms with van der Waals surface area (Å²) >= 11 is 5.83. The first-order chi connectivity index (χ1) is 10.1. The van der Waals surface area contributed by atoms with E-state index in [9.17, 15) is 9.90 Å². The number of rotatable bonds is 3. The fraction of sp³-hybridized carbons (Fsp3) is 0.562. The fourth-order valence-corrected chi connectivity index (χ4v) is 3.15. The molecule has 0 aromatic heterocycles. The first kappa shape index (κ1) is 14.8. The van der Waals surface area contributed by atoms with E-state index in [1.807, 2.05) is 4.90 Å². The number of morpholine rings is 1. The van der Waals surface area contributed by atoms with Crippen LogP contribution in [0.2, 0.25) is 5.02 Å². The van der Waals surface area contributed by atoms with Crippen LogP contribution in [0.15, 0.2) is 24.3 Å². The standard InChI is InChI=1S/C16H20ClNO3/c17-13-4-2-12(3-5-13)14(19)10-15(20)18-8-9-21-16(11-18)6-1-7-16/h2-5,14,19H,1,6-11H2. The number of carbonyl (C=O) groups is 1. The van der Waals surface area contributed by atoms with Gasteiger partial charge in [-0.2, -0.15) is 0 Å². The van der Waals surface area contributed by atoms with E-state index in [0.717, 1.165) is 18.4 Å². The van der Waals surface area contributed by atoms with Gasteiger partial charge in [-0.25, -0.2) is 0 Å². The third-order valence-corrected chi connectivity index (χ3v) is 4.74. The van der Waals surface area contributed by atoms with Crippen molar-refractivity contribution in [2.45, 2.75) is 37.4 Å². The highest BCUT2D eigenvalue weighted by Gasteiger charge is 2.43. The molecule has 4 nitrogen and oxygen atoms in total. The minimum absolute atomic E-state index is 0.00738. The number of carbonyl (C=O) groups excluding carboxylic acids is 1. The molecule has 2 fully saturated rings. The van der Waals surface area contributed by atoms with E-state index >= 15 is 0 Å². The highest BCUT2D eigenvalue weighted by Crippen LogP contribution is 2.38. The zero-order valence-corrected chi connectivity index (χ0v) is 12.7. The average Bonchev–Trinajstić information content (AvgIpc) is 2.46. The summed E-state index contributed by atoms with van der Waals surface area (Å²) in [6.45, 7) is 1.88. The number of hydrogen-bond donors (Lipinski definition) is 1. The zero-order chi connectivity index (χ0) is 14.9.